The van der Waals surface area contributed by atoms with Gasteiger partial charge in [0.2, 0.25) is 0 Å². The quantitative estimate of drug-likeness (QED) is 0.299. The van der Waals surface area contributed by atoms with Crippen molar-refractivity contribution in [2.75, 3.05) is 5.73 Å². The third-order valence-corrected chi connectivity index (χ3v) is 4.26. The van der Waals surface area contributed by atoms with Gasteiger partial charge in [-0.3, -0.25) is 4.57 Å². The van der Waals surface area contributed by atoms with E-state index in [4.69, 9.17) is 16.0 Å². The molecule has 1 saturated heterocycles. The van der Waals surface area contributed by atoms with E-state index in [9.17, 15) is 4.79 Å². The van der Waals surface area contributed by atoms with Crippen LogP contribution in [0.5, 0.6) is 0 Å². The SMILES string of the molecule is C[Si](C)(C)C#CC[C@H]1O[C@@H](n2ccc(N)nc2=O)C[C@@H]1N=[N+]=[N-]. The van der Waals surface area contributed by atoms with Crippen molar-refractivity contribution in [3.8, 4) is 11.5 Å². The number of anilines is 1. The largest absolute Gasteiger partial charge is 0.383 e. The molecule has 0 aromatic carbocycles. The lowest BCUT2D eigenvalue weighted by Gasteiger charge is -2.14. The molecule has 2 heterocycles. The highest BCUT2D eigenvalue weighted by Gasteiger charge is 2.35. The van der Waals surface area contributed by atoms with E-state index in [0.717, 1.165) is 0 Å². The van der Waals surface area contributed by atoms with Crippen LogP contribution in [-0.4, -0.2) is 29.8 Å². The number of rotatable bonds is 3. The van der Waals surface area contributed by atoms with Crippen molar-refractivity contribution in [2.45, 2.75) is 50.9 Å². The second kappa shape index (κ2) is 6.87. The Labute approximate surface area is 135 Å². The van der Waals surface area contributed by atoms with E-state index in [1.54, 1.807) is 6.20 Å². The highest BCUT2D eigenvalue weighted by Crippen LogP contribution is 2.31. The van der Waals surface area contributed by atoms with E-state index >= 15 is 0 Å². The van der Waals surface area contributed by atoms with Gasteiger partial charge in [0.1, 0.15) is 20.1 Å². The Morgan fingerprint density at radius 1 is 1.61 bits per heavy atom. The predicted octanol–water partition coefficient (Wildman–Crippen LogP) is 2.06. The molecule has 23 heavy (non-hydrogen) atoms. The molecule has 0 radical (unpaired) electrons. The van der Waals surface area contributed by atoms with Gasteiger partial charge >= 0.3 is 5.69 Å². The summed E-state index contributed by atoms with van der Waals surface area (Å²) in [6, 6.07) is 1.18. The van der Waals surface area contributed by atoms with Gasteiger partial charge in [-0.2, -0.15) is 4.98 Å². The highest BCUT2D eigenvalue weighted by molar-refractivity contribution is 6.83. The van der Waals surface area contributed by atoms with Crippen molar-refractivity contribution >= 4 is 13.9 Å². The number of hydrogen-bond acceptors (Lipinski definition) is 5. The van der Waals surface area contributed by atoms with Crippen molar-refractivity contribution in [2.24, 2.45) is 5.11 Å². The smallest absolute Gasteiger partial charge is 0.351 e. The molecular formula is C14H20N6O2Si. The Morgan fingerprint density at radius 3 is 2.96 bits per heavy atom. The first kappa shape index (κ1) is 17.1. The molecule has 1 fully saturated rings. The number of nitrogen functional groups attached to an aromatic ring is 1. The fourth-order valence-electron chi connectivity index (χ4n) is 2.32. The maximum absolute atomic E-state index is 11.9. The van der Waals surface area contributed by atoms with Crippen LogP contribution in [-0.2, 0) is 4.74 Å². The Kier molecular flexibility index (Phi) is 5.11. The Bertz CT molecular complexity index is 738. The normalized spacial score (nSPS) is 23.7. The first-order valence-electron chi connectivity index (χ1n) is 7.34. The van der Waals surface area contributed by atoms with Crippen LogP contribution in [0.1, 0.15) is 19.1 Å². The summed E-state index contributed by atoms with van der Waals surface area (Å²) in [6.45, 7) is 6.47. The molecule has 0 bridgehead atoms. The lowest BCUT2D eigenvalue weighted by Crippen LogP contribution is -2.27. The fourth-order valence-corrected chi connectivity index (χ4v) is 2.95. The Hall–Kier alpha value is -2.27. The minimum atomic E-state index is -1.47. The molecule has 2 rings (SSSR count). The summed E-state index contributed by atoms with van der Waals surface area (Å²) < 4.78 is 7.24. The highest BCUT2D eigenvalue weighted by atomic mass is 28.3. The molecule has 0 spiro atoms. The second-order valence-electron chi connectivity index (χ2n) is 6.44. The molecule has 3 atom stereocenters. The van der Waals surface area contributed by atoms with Gasteiger partial charge in [0.25, 0.3) is 0 Å². The number of nitrogens with two attached hydrogens (primary N) is 1. The lowest BCUT2D eigenvalue weighted by molar-refractivity contribution is -0.000000472. The molecule has 1 aromatic heterocycles. The molecule has 9 heteroatoms. The zero-order chi connectivity index (χ0) is 17.0. The van der Waals surface area contributed by atoms with Gasteiger partial charge in [-0.25, -0.2) is 4.79 Å². The van der Waals surface area contributed by atoms with E-state index in [2.05, 4.69) is 46.1 Å². The zero-order valence-electron chi connectivity index (χ0n) is 13.4. The molecule has 1 aromatic rings. The van der Waals surface area contributed by atoms with Crippen molar-refractivity contribution in [1.29, 1.82) is 0 Å². The third-order valence-electron chi connectivity index (χ3n) is 3.33. The van der Waals surface area contributed by atoms with Crippen LogP contribution in [0.2, 0.25) is 19.6 Å². The van der Waals surface area contributed by atoms with Crippen LogP contribution in [0.3, 0.4) is 0 Å². The number of hydrogen-bond donors (Lipinski definition) is 1. The van der Waals surface area contributed by atoms with E-state index < -0.39 is 20.0 Å². The van der Waals surface area contributed by atoms with Crippen molar-refractivity contribution in [3.05, 3.63) is 33.2 Å². The van der Waals surface area contributed by atoms with Gasteiger partial charge in [0.15, 0.2) is 0 Å². The van der Waals surface area contributed by atoms with Crippen molar-refractivity contribution in [1.82, 2.24) is 9.55 Å². The van der Waals surface area contributed by atoms with Crippen LogP contribution in [0.15, 0.2) is 22.2 Å². The summed E-state index contributed by atoms with van der Waals surface area (Å²) in [7, 11) is -1.47. The van der Waals surface area contributed by atoms with Gasteiger partial charge in [0.05, 0.1) is 12.1 Å². The molecule has 122 valence electrons. The molecule has 1 aliphatic heterocycles. The van der Waals surface area contributed by atoms with Crippen LogP contribution in [0.4, 0.5) is 5.82 Å². The van der Waals surface area contributed by atoms with Crippen LogP contribution >= 0.6 is 0 Å². The van der Waals surface area contributed by atoms with Crippen LogP contribution < -0.4 is 11.4 Å². The first-order valence-corrected chi connectivity index (χ1v) is 10.8. The fraction of sp³-hybridized carbons (Fsp3) is 0.571. The molecule has 8 nitrogen and oxygen atoms in total. The first-order chi connectivity index (χ1) is 10.8. The number of nitrogens with zero attached hydrogens (tertiary/aromatic N) is 5. The summed E-state index contributed by atoms with van der Waals surface area (Å²) in [4.78, 5) is 18.5. The van der Waals surface area contributed by atoms with Gasteiger partial charge < -0.3 is 10.5 Å². The van der Waals surface area contributed by atoms with Gasteiger partial charge in [0, 0.05) is 24.0 Å². The number of azide groups is 1. The zero-order valence-corrected chi connectivity index (χ0v) is 14.4. The molecule has 1 aliphatic rings. The van der Waals surface area contributed by atoms with Crippen LogP contribution in [0.25, 0.3) is 10.4 Å². The second-order valence-corrected chi connectivity index (χ2v) is 11.2. The van der Waals surface area contributed by atoms with Gasteiger partial charge in [-0.15, -0.1) is 11.5 Å². The standard InChI is InChI=1S/C14H20N6O2Si/c1-23(2,3)8-4-5-11-10(18-19-16)9-13(22-11)20-7-6-12(15)17-14(20)21/h6-7,10-11,13H,5,9H2,1-3H3,(H2,15,17,21)/t10-,11+,13+/m0/s1. The summed E-state index contributed by atoms with van der Waals surface area (Å²) in [5, 5.41) is 3.78. The number of aromatic nitrogens is 2. The van der Waals surface area contributed by atoms with Crippen molar-refractivity contribution < 1.29 is 4.74 Å². The molecule has 0 unspecified atom stereocenters. The van der Waals surface area contributed by atoms with E-state index in [0.29, 0.717) is 12.8 Å². The van der Waals surface area contributed by atoms with E-state index in [1.807, 2.05) is 0 Å². The molecule has 0 amide bonds. The maximum atomic E-state index is 11.9. The van der Waals surface area contributed by atoms with E-state index in [-0.39, 0.29) is 18.0 Å². The molecular weight excluding hydrogens is 312 g/mol. The summed E-state index contributed by atoms with van der Waals surface area (Å²) in [5.41, 5.74) is 17.0. The monoisotopic (exact) mass is 332 g/mol. The summed E-state index contributed by atoms with van der Waals surface area (Å²) >= 11 is 0. The average Bonchev–Trinajstić information content (AvgIpc) is 2.81. The maximum Gasteiger partial charge on any atom is 0.351 e. The van der Waals surface area contributed by atoms with Gasteiger partial charge in [-0.05, 0) is 11.6 Å². The predicted molar refractivity (Wildman–Crippen MR) is 90.1 cm³/mol. The Morgan fingerprint density at radius 2 is 2.35 bits per heavy atom. The average molecular weight is 332 g/mol. The van der Waals surface area contributed by atoms with Gasteiger partial charge in [-0.1, -0.05) is 24.8 Å². The van der Waals surface area contributed by atoms with Crippen molar-refractivity contribution in [3.63, 3.8) is 0 Å². The topological polar surface area (TPSA) is 119 Å². The molecule has 0 aliphatic carbocycles. The summed E-state index contributed by atoms with van der Waals surface area (Å²) in [5.74, 6) is 3.29. The Balaban J connectivity index is 2.18. The van der Waals surface area contributed by atoms with Crippen LogP contribution in [0, 0.1) is 11.5 Å². The molecule has 0 saturated carbocycles. The minimum Gasteiger partial charge on any atom is -0.383 e. The lowest BCUT2D eigenvalue weighted by atomic mass is 10.1. The minimum absolute atomic E-state index is 0.161. The third kappa shape index (κ3) is 4.60. The summed E-state index contributed by atoms with van der Waals surface area (Å²) in [6.07, 6.45) is 1.57. The van der Waals surface area contributed by atoms with E-state index in [1.165, 1.54) is 10.6 Å². The number of ether oxygens (including phenoxy) is 1. The molecule has 2 N–H and O–H groups in total.